The summed E-state index contributed by atoms with van der Waals surface area (Å²) in [5, 5.41) is 19.6. The fourth-order valence-corrected chi connectivity index (χ4v) is 1.66. The van der Waals surface area contributed by atoms with E-state index in [0.717, 1.165) is 17.0 Å². The van der Waals surface area contributed by atoms with E-state index in [-0.39, 0.29) is 18.8 Å². The van der Waals surface area contributed by atoms with Gasteiger partial charge in [0.25, 0.3) is 0 Å². The summed E-state index contributed by atoms with van der Waals surface area (Å²) < 4.78 is 37.6. The van der Waals surface area contributed by atoms with Gasteiger partial charge in [0.05, 0.1) is 18.8 Å². The first kappa shape index (κ1) is 17.9. The van der Waals surface area contributed by atoms with E-state index in [0.29, 0.717) is 6.07 Å². The largest absolute Gasteiger partial charge is 0.416 e. The smallest absolute Gasteiger partial charge is 0.395 e. The van der Waals surface area contributed by atoms with E-state index in [1.165, 1.54) is 6.07 Å². The SMILES string of the molecule is O=C(Nc1cccc(C(F)(F)F)c1)C(=O)N(CCO)CCO. The van der Waals surface area contributed by atoms with E-state index in [1.807, 2.05) is 0 Å². The van der Waals surface area contributed by atoms with Crippen LogP contribution in [0.5, 0.6) is 0 Å². The predicted molar refractivity (Wildman–Crippen MR) is 70.8 cm³/mol. The van der Waals surface area contributed by atoms with Crippen LogP contribution in [0.1, 0.15) is 5.56 Å². The van der Waals surface area contributed by atoms with Gasteiger partial charge in [-0.05, 0) is 18.2 Å². The van der Waals surface area contributed by atoms with Gasteiger partial charge in [0.15, 0.2) is 0 Å². The van der Waals surface area contributed by atoms with Crippen LogP contribution >= 0.6 is 0 Å². The first-order valence-electron chi connectivity index (χ1n) is 6.29. The topological polar surface area (TPSA) is 89.9 Å². The van der Waals surface area contributed by atoms with Crippen LogP contribution in [0.2, 0.25) is 0 Å². The number of amides is 2. The Morgan fingerprint density at radius 2 is 1.73 bits per heavy atom. The van der Waals surface area contributed by atoms with Gasteiger partial charge in [-0.2, -0.15) is 13.2 Å². The Labute approximate surface area is 124 Å². The minimum atomic E-state index is -4.56. The number of benzene rings is 1. The normalized spacial score (nSPS) is 11.1. The van der Waals surface area contributed by atoms with Crippen molar-refractivity contribution in [3.05, 3.63) is 29.8 Å². The molecule has 0 fully saturated rings. The fourth-order valence-electron chi connectivity index (χ4n) is 1.66. The number of nitrogens with zero attached hydrogens (tertiary/aromatic N) is 1. The zero-order valence-corrected chi connectivity index (χ0v) is 11.4. The second-order valence-corrected chi connectivity index (χ2v) is 4.27. The summed E-state index contributed by atoms with van der Waals surface area (Å²) in [7, 11) is 0. The summed E-state index contributed by atoms with van der Waals surface area (Å²) in [6.07, 6.45) is -4.56. The molecule has 1 rings (SSSR count). The van der Waals surface area contributed by atoms with Crippen molar-refractivity contribution in [1.29, 1.82) is 0 Å². The number of carbonyl (C=O) groups excluding carboxylic acids is 2. The number of alkyl halides is 3. The summed E-state index contributed by atoms with van der Waals surface area (Å²) in [5.41, 5.74) is -1.14. The van der Waals surface area contributed by atoms with Crippen molar-refractivity contribution in [3.63, 3.8) is 0 Å². The van der Waals surface area contributed by atoms with Gasteiger partial charge in [0.1, 0.15) is 0 Å². The highest BCUT2D eigenvalue weighted by atomic mass is 19.4. The van der Waals surface area contributed by atoms with Crippen LogP contribution in [0.25, 0.3) is 0 Å². The Balaban J connectivity index is 2.81. The van der Waals surface area contributed by atoms with Crippen molar-refractivity contribution in [2.45, 2.75) is 6.18 Å². The monoisotopic (exact) mass is 320 g/mol. The second kappa shape index (κ2) is 7.76. The average molecular weight is 320 g/mol. The maximum atomic E-state index is 12.5. The standard InChI is InChI=1S/C13H15F3N2O4/c14-13(15,16)9-2-1-3-10(8-9)17-11(21)12(22)18(4-6-19)5-7-20/h1-3,8,19-20H,4-7H2,(H,17,21). The molecule has 2 amide bonds. The third-order valence-electron chi connectivity index (χ3n) is 2.67. The summed E-state index contributed by atoms with van der Waals surface area (Å²) in [6.45, 7) is -1.17. The number of aliphatic hydroxyl groups excluding tert-OH is 2. The number of rotatable bonds is 5. The van der Waals surface area contributed by atoms with Gasteiger partial charge in [0.2, 0.25) is 0 Å². The molecule has 122 valence electrons. The van der Waals surface area contributed by atoms with E-state index in [1.54, 1.807) is 0 Å². The number of anilines is 1. The first-order chi connectivity index (χ1) is 10.3. The summed E-state index contributed by atoms with van der Waals surface area (Å²) >= 11 is 0. The summed E-state index contributed by atoms with van der Waals surface area (Å²) in [5.74, 6) is -2.21. The van der Waals surface area contributed by atoms with Gasteiger partial charge in [-0.25, -0.2) is 0 Å². The lowest BCUT2D eigenvalue weighted by molar-refractivity contribution is -0.143. The number of aliphatic hydroxyl groups is 2. The fraction of sp³-hybridized carbons (Fsp3) is 0.385. The van der Waals surface area contributed by atoms with Crippen molar-refractivity contribution in [1.82, 2.24) is 4.90 Å². The zero-order chi connectivity index (χ0) is 16.8. The number of hydrogen-bond donors (Lipinski definition) is 3. The Hall–Kier alpha value is -2.13. The van der Waals surface area contributed by atoms with Crippen LogP contribution in [-0.2, 0) is 15.8 Å². The maximum Gasteiger partial charge on any atom is 0.416 e. The molecule has 0 aliphatic carbocycles. The zero-order valence-electron chi connectivity index (χ0n) is 11.4. The van der Waals surface area contributed by atoms with Gasteiger partial charge in [-0.15, -0.1) is 0 Å². The van der Waals surface area contributed by atoms with E-state index in [4.69, 9.17) is 10.2 Å². The average Bonchev–Trinajstić information content (AvgIpc) is 2.45. The van der Waals surface area contributed by atoms with Crippen LogP contribution in [0.3, 0.4) is 0 Å². The molecule has 0 saturated heterocycles. The molecular weight excluding hydrogens is 305 g/mol. The lowest BCUT2D eigenvalue weighted by Crippen LogP contribution is -2.42. The van der Waals surface area contributed by atoms with E-state index in [9.17, 15) is 22.8 Å². The molecule has 3 N–H and O–H groups in total. The van der Waals surface area contributed by atoms with Crippen LogP contribution in [0.4, 0.5) is 18.9 Å². The van der Waals surface area contributed by atoms with Crippen molar-refractivity contribution in [3.8, 4) is 0 Å². The maximum absolute atomic E-state index is 12.5. The molecule has 0 spiro atoms. The molecule has 0 saturated carbocycles. The number of halogens is 3. The highest BCUT2D eigenvalue weighted by Gasteiger charge is 2.30. The molecule has 0 bridgehead atoms. The summed E-state index contributed by atoms with van der Waals surface area (Å²) in [4.78, 5) is 24.4. The van der Waals surface area contributed by atoms with E-state index >= 15 is 0 Å². The molecule has 0 aliphatic rings. The van der Waals surface area contributed by atoms with Gasteiger partial charge >= 0.3 is 18.0 Å². The van der Waals surface area contributed by atoms with E-state index < -0.39 is 36.8 Å². The molecule has 0 unspecified atom stereocenters. The van der Waals surface area contributed by atoms with Crippen molar-refractivity contribution in [2.75, 3.05) is 31.6 Å². The van der Waals surface area contributed by atoms with Gasteiger partial charge in [0, 0.05) is 18.8 Å². The molecule has 22 heavy (non-hydrogen) atoms. The van der Waals surface area contributed by atoms with Crippen LogP contribution in [0.15, 0.2) is 24.3 Å². The Kier molecular flexibility index (Phi) is 6.32. The number of hydrogen-bond acceptors (Lipinski definition) is 4. The Morgan fingerprint density at radius 1 is 1.14 bits per heavy atom. The molecule has 9 heteroatoms. The molecule has 0 aliphatic heterocycles. The number of nitrogens with one attached hydrogen (secondary N) is 1. The molecule has 0 heterocycles. The van der Waals surface area contributed by atoms with Crippen LogP contribution in [-0.4, -0.2) is 53.2 Å². The molecule has 0 radical (unpaired) electrons. The lowest BCUT2D eigenvalue weighted by Gasteiger charge is -2.20. The third kappa shape index (κ3) is 5.01. The van der Waals surface area contributed by atoms with Crippen molar-refractivity contribution < 1.29 is 33.0 Å². The first-order valence-corrected chi connectivity index (χ1v) is 6.29. The quantitative estimate of drug-likeness (QED) is 0.688. The molecule has 1 aromatic carbocycles. The van der Waals surface area contributed by atoms with Crippen LogP contribution < -0.4 is 5.32 Å². The number of carbonyl (C=O) groups is 2. The van der Waals surface area contributed by atoms with Crippen molar-refractivity contribution >= 4 is 17.5 Å². The molecule has 0 atom stereocenters. The predicted octanol–water partition coefficient (Wildman–Crippen LogP) is 0.457. The highest BCUT2D eigenvalue weighted by molar-refractivity contribution is 6.39. The molecule has 0 aromatic heterocycles. The van der Waals surface area contributed by atoms with Crippen LogP contribution in [0, 0.1) is 0 Å². The Morgan fingerprint density at radius 3 is 2.23 bits per heavy atom. The van der Waals surface area contributed by atoms with E-state index in [2.05, 4.69) is 5.32 Å². The minimum absolute atomic E-state index is 0.171. The molecule has 6 nitrogen and oxygen atoms in total. The summed E-state index contributed by atoms with van der Waals surface area (Å²) in [6, 6.07) is 3.85. The third-order valence-corrected chi connectivity index (χ3v) is 2.67. The molecular formula is C13H15F3N2O4. The lowest BCUT2D eigenvalue weighted by atomic mass is 10.2. The van der Waals surface area contributed by atoms with Gasteiger partial charge in [-0.1, -0.05) is 6.07 Å². The van der Waals surface area contributed by atoms with Gasteiger partial charge in [-0.3, -0.25) is 9.59 Å². The molecule has 1 aromatic rings. The second-order valence-electron chi connectivity index (χ2n) is 4.27. The van der Waals surface area contributed by atoms with Gasteiger partial charge < -0.3 is 20.4 Å². The Bertz CT molecular complexity index is 528. The minimum Gasteiger partial charge on any atom is -0.395 e. The highest BCUT2D eigenvalue weighted by Crippen LogP contribution is 2.30. The van der Waals surface area contributed by atoms with Crippen molar-refractivity contribution in [2.24, 2.45) is 0 Å².